The average Bonchev–Trinajstić information content (AvgIpc) is 2.22. The minimum Gasteiger partial charge on any atom is -0.468 e. The Kier molecular flexibility index (Phi) is 4.48. The summed E-state index contributed by atoms with van der Waals surface area (Å²) in [5.74, 6) is -0.472. The molecule has 0 bridgehead atoms. The fourth-order valence-electron chi connectivity index (χ4n) is 1.32. The van der Waals surface area contributed by atoms with Crippen LogP contribution in [0.5, 0.6) is 0 Å². The Balaban J connectivity index is 2.88. The molecule has 0 saturated heterocycles. The highest BCUT2D eigenvalue weighted by molar-refractivity contribution is 6.42. The summed E-state index contributed by atoms with van der Waals surface area (Å²) in [6.45, 7) is 1.60. The van der Waals surface area contributed by atoms with Crippen LogP contribution in [0.3, 0.4) is 0 Å². The number of hydrogen-bond donors (Lipinski definition) is 0. The van der Waals surface area contributed by atoms with Gasteiger partial charge in [0, 0.05) is 6.42 Å². The molecule has 0 amide bonds. The van der Waals surface area contributed by atoms with Gasteiger partial charge in [0.05, 0.1) is 17.2 Å². The number of esters is 1. The SMILES string of the molecule is COC(=O)C(C)(Cl)Cc1ccc(Cl)c(Cl)c1. The summed E-state index contributed by atoms with van der Waals surface area (Å²) in [5.41, 5.74) is 0.831. The van der Waals surface area contributed by atoms with E-state index in [0.29, 0.717) is 16.5 Å². The third kappa shape index (κ3) is 3.27. The summed E-state index contributed by atoms with van der Waals surface area (Å²) in [4.78, 5) is 10.3. The van der Waals surface area contributed by atoms with Crippen molar-refractivity contribution in [3.63, 3.8) is 0 Å². The molecular formula is C11H11Cl3O2. The van der Waals surface area contributed by atoms with Gasteiger partial charge in [0.25, 0.3) is 0 Å². The van der Waals surface area contributed by atoms with Gasteiger partial charge in [-0.1, -0.05) is 29.3 Å². The molecule has 0 fully saturated rings. The number of carbonyl (C=O) groups excluding carboxylic acids is 1. The fraction of sp³-hybridized carbons (Fsp3) is 0.364. The molecule has 0 radical (unpaired) electrons. The second-order valence-electron chi connectivity index (χ2n) is 3.61. The van der Waals surface area contributed by atoms with Crippen LogP contribution < -0.4 is 0 Å². The molecule has 0 aromatic heterocycles. The van der Waals surface area contributed by atoms with Crippen LogP contribution >= 0.6 is 34.8 Å². The predicted molar refractivity (Wildman–Crippen MR) is 66.4 cm³/mol. The largest absolute Gasteiger partial charge is 0.468 e. The third-order valence-corrected chi connectivity index (χ3v) is 3.16. The van der Waals surface area contributed by atoms with Gasteiger partial charge in [-0.25, -0.2) is 0 Å². The van der Waals surface area contributed by atoms with E-state index >= 15 is 0 Å². The van der Waals surface area contributed by atoms with Crippen LogP contribution in [0.25, 0.3) is 0 Å². The van der Waals surface area contributed by atoms with Crippen LogP contribution in [-0.2, 0) is 16.0 Å². The Morgan fingerprint density at radius 1 is 1.38 bits per heavy atom. The van der Waals surface area contributed by atoms with Crippen LogP contribution in [0.1, 0.15) is 12.5 Å². The number of rotatable bonds is 3. The molecule has 1 unspecified atom stereocenters. The smallest absolute Gasteiger partial charge is 0.326 e. The summed E-state index contributed by atoms with van der Waals surface area (Å²) < 4.78 is 4.61. The van der Waals surface area contributed by atoms with E-state index < -0.39 is 10.8 Å². The first-order chi connectivity index (χ1) is 7.36. The van der Waals surface area contributed by atoms with E-state index in [1.807, 2.05) is 0 Å². The highest BCUT2D eigenvalue weighted by Crippen LogP contribution is 2.27. The summed E-state index contributed by atoms with van der Waals surface area (Å²) in [5, 5.41) is 0.913. The van der Waals surface area contributed by atoms with Gasteiger partial charge in [0.1, 0.15) is 4.87 Å². The van der Waals surface area contributed by atoms with E-state index in [0.717, 1.165) is 5.56 Å². The lowest BCUT2D eigenvalue weighted by molar-refractivity contribution is -0.143. The number of carbonyl (C=O) groups is 1. The van der Waals surface area contributed by atoms with Crippen molar-refractivity contribution < 1.29 is 9.53 Å². The first-order valence-corrected chi connectivity index (χ1v) is 5.71. The molecular weight excluding hydrogens is 270 g/mol. The summed E-state index contributed by atoms with van der Waals surface area (Å²) in [6.07, 6.45) is 0.331. The van der Waals surface area contributed by atoms with Crippen LogP contribution in [0, 0.1) is 0 Å². The van der Waals surface area contributed by atoms with Crippen LogP contribution in [0.2, 0.25) is 10.0 Å². The first kappa shape index (κ1) is 13.6. The van der Waals surface area contributed by atoms with Gasteiger partial charge in [-0.2, -0.15) is 0 Å². The maximum Gasteiger partial charge on any atom is 0.326 e. The molecule has 2 nitrogen and oxygen atoms in total. The van der Waals surface area contributed by atoms with Crippen molar-refractivity contribution in [3.05, 3.63) is 33.8 Å². The molecule has 1 atom stereocenters. The van der Waals surface area contributed by atoms with Gasteiger partial charge < -0.3 is 4.74 Å². The molecule has 1 aromatic rings. The van der Waals surface area contributed by atoms with E-state index in [4.69, 9.17) is 34.8 Å². The van der Waals surface area contributed by atoms with E-state index in [-0.39, 0.29) is 0 Å². The highest BCUT2D eigenvalue weighted by atomic mass is 35.5. The zero-order chi connectivity index (χ0) is 12.3. The topological polar surface area (TPSA) is 26.3 Å². The van der Waals surface area contributed by atoms with Crippen molar-refractivity contribution in [3.8, 4) is 0 Å². The van der Waals surface area contributed by atoms with Crippen molar-refractivity contribution >= 4 is 40.8 Å². The summed E-state index contributed by atoms with van der Waals surface area (Å²) in [7, 11) is 1.30. The number of alkyl halides is 1. The normalized spacial score (nSPS) is 14.3. The lowest BCUT2D eigenvalue weighted by Crippen LogP contribution is -2.32. The monoisotopic (exact) mass is 280 g/mol. The van der Waals surface area contributed by atoms with Crippen LogP contribution in [0.4, 0.5) is 0 Å². The standard InChI is InChI=1S/C11H11Cl3O2/c1-11(14,10(15)16-2)6-7-3-4-8(12)9(13)5-7/h3-5H,6H2,1-2H3. The van der Waals surface area contributed by atoms with Crippen molar-refractivity contribution in [2.45, 2.75) is 18.2 Å². The Labute approximate surface area is 109 Å². The maximum atomic E-state index is 11.4. The van der Waals surface area contributed by atoms with Crippen LogP contribution in [-0.4, -0.2) is 18.0 Å². The molecule has 0 aliphatic heterocycles. The van der Waals surface area contributed by atoms with Gasteiger partial charge in [0.15, 0.2) is 0 Å². The highest BCUT2D eigenvalue weighted by Gasteiger charge is 2.32. The third-order valence-electron chi connectivity index (χ3n) is 2.13. The molecule has 16 heavy (non-hydrogen) atoms. The van der Waals surface area contributed by atoms with E-state index in [1.54, 1.807) is 25.1 Å². The molecule has 88 valence electrons. The zero-order valence-corrected chi connectivity index (χ0v) is 11.2. The van der Waals surface area contributed by atoms with Gasteiger partial charge >= 0.3 is 5.97 Å². The molecule has 0 N–H and O–H groups in total. The number of methoxy groups -OCH3 is 1. The number of benzene rings is 1. The van der Waals surface area contributed by atoms with Crippen molar-refractivity contribution in [1.82, 2.24) is 0 Å². The molecule has 0 spiro atoms. The number of hydrogen-bond acceptors (Lipinski definition) is 2. The van der Waals surface area contributed by atoms with Crippen molar-refractivity contribution in [2.75, 3.05) is 7.11 Å². The van der Waals surface area contributed by atoms with Crippen LogP contribution in [0.15, 0.2) is 18.2 Å². The molecule has 0 aliphatic carbocycles. The number of ether oxygens (including phenoxy) is 1. The van der Waals surface area contributed by atoms with Crippen molar-refractivity contribution in [2.24, 2.45) is 0 Å². The first-order valence-electron chi connectivity index (χ1n) is 4.58. The molecule has 0 saturated carbocycles. The second kappa shape index (κ2) is 5.26. The zero-order valence-electron chi connectivity index (χ0n) is 8.89. The average molecular weight is 282 g/mol. The molecule has 0 heterocycles. The minimum absolute atomic E-state index is 0.331. The predicted octanol–water partition coefficient (Wildman–Crippen LogP) is 3.71. The second-order valence-corrected chi connectivity index (χ2v) is 5.26. The van der Waals surface area contributed by atoms with E-state index in [2.05, 4.69) is 4.74 Å². The Morgan fingerprint density at radius 3 is 2.50 bits per heavy atom. The van der Waals surface area contributed by atoms with Gasteiger partial charge in [-0.15, -0.1) is 11.6 Å². The quantitative estimate of drug-likeness (QED) is 0.624. The Hall–Kier alpha value is -0.440. The lowest BCUT2D eigenvalue weighted by Gasteiger charge is -2.19. The molecule has 1 aromatic carbocycles. The fourth-order valence-corrected chi connectivity index (χ4v) is 1.87. The molecule has 0 aliphatic rings. The van der Waals surface area contributed by atoms with Gasteiger partial charge in [-0.05, 0) is 24.6 Å². The van der Waals surface area contributed by atoms with E-state index in [1.165, 1.54) is 7.11 Å². The minimum atomic E-state index is -1.09. The Bertz CT molecular complexity index is 402. The van der Waals surface area contributed by atoms with Crippen molar-refractivity contribution in [1.29, 1.82) is 0 Å². The van der Waals surface area contributed by atoms with Gasteiger partial charge in [0.2, 0.25) is 0 Å². The number of halogens is 3. The molecule has 5 heteroatoms. The molecule has 1 rings (SSSR count). The maximum absolute atomic E-state index is 11.4. The lowest BCUT2D eigenvalue weighted by atomic mass is 10.0. The van der Waals surface area contributed by atoms with E-state index in [9.17, 15) is 4.79 Å². The Morgan fingerprint density at radius 2 is 2.00 bits per heavy atom. The van der Waals surface area contributed by atoms with Gasteiger partial charge in [-0.3, -0.25) is 4.79 Å². The summed E-state index contributed by atoms with van der Waals surface area (Å²) in [6, 6.07) is 5.13. The summed E-state index contributed by atoms with van der Waals surface area (Å²) >= 11 is 17.7.